The molecule has 0 aliphatic heterocycles. The van der Waals surface area contributed by atoms with Gasteiger partial charge in [0, 0.05) is 27.8 Å². The van der Waals surface area contributed by atoms with E-state index >= 15 is 0 Å². The molecule has 0 unspecified atom stereocenters. The number of nitro groups is 1. The Kier molecular flexibility index (Phi) is 6.86. The highest BCUT2D eigenvalue weighted by Crippen LogP contribution is 2.21. The van der Waals surface area contributed by atoms with Crippen LogP contribution in [0.4, 0.5) is 5.69 Å². The molecule has 2 aromatic rings. The number of carbonyl (C=O) groups is 2. The van der Waals surface area contributed by atoms with Gasteiger partial charge >= 0.3 is 0 Å². The summed E-state index contributed by atoms with van der Waals surface area (Å²) >= 11 is 11.8. The number of benzene rings is 2. The molecular formula is C17H14Cl2N4O4. The van der Waals surface area contributed by atoms with E-state index in [0.29, 0.717) is 15.6 Å². The van der Waals surface area contributed by atoms with Gasteiger partial charge in [-0.3, -0.25) is 19.7 Å². The van der Waals surface area contributed by atoms with Crippen molar-refractivity contribution in [1.29, 1.82) is 0 Å². The number of halogens is 2. The lowest BCUT2D eigenvalue weighted by Crippen LogP contribution is -2.35. The molecule has 2 rings (SSSR count). The highest BCUT2D eigenvalue weighted by molar-refractivity contribution is 6.36. The molecule has 0 heterocycles. The Morgan fingerprint density at radius 3 is 2.67 bits per heavy atom. The highest BCUT2D eigenvalue weighted by Gasteiger charge is 2.18. The first-order valence-corrected chi connectivity index (χ1v) is 8.34. The fraction of sp³-hybridized carbons (Fsp3) is 0.118. The molecule has 0 aromatic heterocycles. The summed E-state index contributed by atoms with van der Waals surface area (Å²) in [6.45, 7) is 1.11. The Morgan fingerprint density at radius 1 is 1.26 bits per heavy atom. The molecule has 0 atom stereocenters. The topological polar surface area (TPSA) is 114 Å². The van der Waals surface area contributed by atoms with Crippen molar-refractivity contribution in [3.8, 4) is 0 Å². The molecule has 0 radical (unpaired) electrons. The zero-order chi connectivity index (χ0) is 20.0. The van der Waals surface area contributed by atoms with Crippen LogP contribution >= 0.6 is 23.2 Å². The van der Waals surface area contributed by atoms with Crippen molar-refractivity contribution in [2.75, 3.05) is 6.54 Å². The van der Waals surface area contributed by atoms with Gasteiger partial charge in [0.05, 0.1) is 22.7 Å². The molecule has 0 saturated heterocycles. The van der Waals surface area contributed by atoms with Crippen LogP contribution in [0.25, 0.3) is 0 Å². The summed E-state index contributed by atoms with van der Waals surface area (Å²) in [6, 6.07) is 8.94. The first-order valence-electron chi connectivity index (χ1n) is 7.58. The van der Waals surface area contributed by atoms with Crippen LogP contribution in [0.2, 0.25) is 10.0 Å². The molecule has 27 heavy (non-hydrogen) atoms. The maximum absolute atomic E-state index is 12.1. The molecule has 2 amide bonds. The van der Waals surface area contributed by atoms with Crippen molar-refractivity contribution in [2.45, 2.75) is 6.92 Å². The number of hydrogen-bond acceptors (Lipinski definition) is 5. The quantitative estimate of drug-likeness (QED) is 0.434. The van der Waals surface area contributed by atoms with Crippen molar-refractivity contribution < 1.29 is 14.5 Å². The number of nitrogens with zero attached hydrogens (tertiary/aromatic N) is 2. The fourth-order valence-corrected chi connectivity index (χ4v) is 2.60. The first kappa shape index (κ1) is 20.3. The molecule has 140 valence electrons. The third-order valence-electron chi connectivity index (χ3n) is 3.51. The van der Waals surface area contributed by atoms with E-state index in [2.05, 4.69) is 15.8 Å². The molecule has 0 aliphatic rings. The third-order valence-corrected chi connectivity index (χ3v) is 4.07. The van der Waals surface area contributed by atoms with Crippen LogP contribution in [-0.4, -0.2) is 29.5 Å². The number of nitro benzene ring substituents is 1. The van der Waals surface area contributed by atoms with Crippen molar-refractivity contribution in [1.82, 2.24) is 10.7 Å². The van der Waals surface area contributed by atoms with Crippen LogP contribution in [-0.2, 0) is 4.79 Å². The third kappa shape index (κ3) is 5.50. The second-order valence-corrected chi connectivity index (χ2v) is 6.19. The summed E-state index contributed by atoms with van der Waals surface area (Å²) in [5.74, 6) is -1.18. The molecule has 0 bridgehead atoms. The summed E-state index contributed by atoms with van der Waals surface area (Å²) in [5.41, 5.74) is 2.96. The van der Waals surface area contributed by atoms with Gasteiger partial charge in [-0.15, -0.1) is 0 Å². The summed E-state index contributed by atoms with van der Waals surface area (Å²) in [5, 5.41) is 17.9. The Balaban J connectivity index is 1.92. The maximum atomic E-state index is 12.1. The summed E-state index contributed by atoms with van der Waals surface area (Å²) in [4.78, 5) is 34.2. The summed E-state index contributed by atoms with van der Waals surface area (Å²) in [6.07, 6.45) is 1.34. The Labute approximate surface area is 164 Å². The average Bonchev–Trinajstić information content (AvgIpc) is 2.61. The SMILES string of the molecule is Cc1c(C(=O)NCC(=O)N/N=C/c2ccc(Cl)cc2Cl)cccc1[N+](=O)[O-]. The second kappa shape index (κ2) is 9.11. The lowest BCUT2D eigenvalue weighted by atomic mass is 10.1. The number of hydrazone groups is 1. The van der Waals surface area contributed by atoms with Crippen LogP contribution in [0.5, 0.6) is 0 Å². The monoisotopic (exact) mass is 408 g/mol. The van der Waals surface area contributed by atoms with Crippen molar-refractivity contribution in [2.24, 2.45) is 5.10 Å². The second-order valence-electron chi connectivity index (χ2n) is 5.35. The number of hydrogen-bond donors (Lipinski definition) is 2. The molecule has 0 saturated carbocycles. The minimum absolute atomic E-state index is 0.119. The predicted molar refractivity (Wildman–Crippen MR) is 102 cm³/mol. The average molecular weight is 409 g/mol. The zero-order valence-corrected chi connectivity index (χ0v) is 15.5. The van der Waals surface area contributed by atoms with Gasteiger partial charge in [-0.1, -0.05) is 35.3 Å². The van der Waals surface area contributed by atoms with Gasteiger partial charge in [0.2, 0.25) is 0 Å². The van der Waals surface area contributed by atoms with Gasteiger partial charge in [0.1, 0.15) is 0 Å². The Morgan fingerprint density at radius 2 is 2.00 bits per heavy atom. The van der Waals surface area contributed by atoms with Gasteiger partial charge in [-0.2, -0.15) is 5.10 Å². The van der Waals surface area contributed by atoms with Crippen LogP contribution < -0.4 is 10.7 Å². The van der Waals surface area contributed by atoms with E-state index < -0.39 is 16.7 Å². The van der Waals surface area contributed by atoms with Gasteiger partial charge < -0.3 is 5.32 Å². The van der Waals surface area contributed by atoms with E-state index in [-0.39, 0.29) is 23.4 Å². The number of rotatable bonds is 6. The summed E-state index contributed by atoms with van der Waals surface area (Å²) in [7, 11) is 0. The van der Waals surface area contributed by atoms with Crippen molar-refractivity contribution >= 4 is 46.9 Å². The van der Waals surface area contributed by atoms with E-state index in [1.54, 1.807) is 12.1 Å². The Bertz CT molecular complexity index is 931. The molecule has 2 aromatic carbocycles. The van der Waals surface area contributed by atoms with Gasteiger partial charge in [-0.25, -0.2) is 5.43 Å². The van der Waals surface area contributed by atoms with Crippen LogP contribution in [0, 0.1) is 17.0 Å². The van der Waals surface area contributed by atoms with Crippen molar-refractivity contribution in [3.05, 3.63) is 73.2 Å². The van der Waals surface area contributed by atoms with Gasteiger partial charge in [0.15, 0.2) is 0 Å². The number of carbonyl (C=O) groups excluding carboxylic acids is 2. The zero-order valence-electron chi connectivity index (χ0n) is 14.0. The highest BCUT2D eigenvalue weighted by atomic mass is 35.5. The molecule has 0 fully saturated rings. The molecule has 0 spiro atoms. The van der Waals surface area contributed by atoms with Crippen LogP contribution in [0.15, 0.2) is 41.5 Å². The minimum Gasteiger partial charge on any atom is -0.343 e. The van der Waals surface area contributed by atoms with Gasteiger partial charge in [-0.05, 0) is 25.1 Å². The van der Waals surface area contributed by atoms with E-state index in [4.69, 9.17) is 23.2 Å². The Hall–Kier alpha value is -2.97. The van der Waals surface area contributed by atoms with E-state index in [1.165, 1.54) is 37.4 Å². The smallest absolute Gasteiger partial charge is 0.273 e. The number of amides is 2. The lowest BCUT2D eigenvalue weighted by molar-refractivity contribution is -0.385. The van der Waals surface area contributed by atoms with Gasteiger partial charge in [0.25, 0.3) is 17.5 Å². The van der Waals surface area contributed by atoms with Crippen LogP contribution in [0.1, 0.15) is 21.5 Å². The molecule has 8 nitrogen and oxygen atoms in total. The van der Waals surface area contributed by atoms with Crippen LogP contribution in [0.3, 0.4) is 0 Å². The summed E-state index contributed by atoms with van der Waals surface area (Å²) < 4.78 is 0. The largest absolute Gasteiger partial charge is 0.343 e. The fourth-order valence-electron chi connectivity index (χ4n) is 2.14. The van der Waals surface area contributed by atoms with E-state index in [1.807, 2.05) is 0 Å². The minimum atomic E-state index is -0.601. The maximum Gasteiger partial charge on any atom is 0.273 e. The normalized spacial score (nSPS) is 10.6. The predicted octanol–water partition coefficient (Wildman–Crippen LogP) is 3.09. The number of nitrogens with one attached hydrogen (secondary N) is 2. The first-order chi connectivity index (χ1) is 12.8. The van der Waals surface area contributed by atoms with Crippen molar-refractivity contribution in [3.63, 3.8) is 0 Å². The van der Waals surface area contributed by atoms with E-state index in [9.17, 15) is 19.7 Å². The molecule has 2 N–H and O–H groups in total. The standard InChI is InChI=1S/C17H14Cl2N4O4/c1-10-13(3-2-4-15(10)23(26)27)17(25)20-9-16(24)22-21-8-11-5-6-12(18)7-14(11)19/h2-8H,9H2,1H3,(H,20,25)(H,22,24)/b21-8+. The molecule has 10 heteroatoms. The molecular weight excluding hydrogens is 395 g/mol. The lowest BCUT2D eigenvalue weighted by Gasteiger charge is -2.07. The van der Waals surface area contributed by atoms with E-state index in [0.717, 1.165) is 0 Å². The molecule has 0 aliphatic carbocycles.